The van der Waals surface area contributed by atoms with E-state index in [9.17, 15) is 25.3 Å². The molecule has 2 rings (SSSR count). The molecule has 1 aliphatic rings. The predicted molar refractivity (Wildman–Crippen MR) is 91.1 cm³/mol. The smallest absolute Gasteiger partial charge is 0.312 e. The maximum Gasteiger partial charge on any atom is 0.312 e. The Hall–Kier alpha value is -2.40. The molecule has 0 aliphatic heterocycles. The second-order valence-corrected chi connectivity index (χ2v) is 6.51. The monoisotopic (exact) mass is 393 g/mol. The van der Waals surface area contributed by atoms with Gasteiger partial charge in [0, 0.05) is 22.1 Å². The van der Waals surface area contributed by atoms with Crippen LogP contribution < -0.4 is 5.32 Å². The average Bonchev–Trinajstić information content (AvgIpc) is 2.55. The summed E-state index contributed by atoms with van der Waals surface area (Å²) in [7, 11) is 0. The topological polar surface area (TPSA) is 116 Å². The number of rotatable bonds is 4. The molecule has 0 unspecified atom stereocenters. The summed E-state index contributed by atoms with van der Waals surface area (Å²) >= 11 is 3.12. The molecule has 0 aromatic heterocycles. The minimum atomic E-state index is -0.731. The molecule has 0 heterocycles. The number of aromatic hydroxyl groups is 1. The molecule has 1 aromatic rings. The van der Waals surface area contributed by atoms with E-state index in [4.69, 9.17) is 0 Å². The van der Waals surface area contributed by atoms with Crippen LogP contribution in [0.25, 0.3) is 6.08 Å². The molecule has 8 heteroatoms. The third kappa shape index (κ3) is 4.32. The van der Waals surface area contributed by atoms with Crippen molar-refractivity contribution in [2.75, 3.05) is 0 Å². The molecule has 0 saturated heterocycles. The van der Waals surface area contributed by atoms with E-state index in [1.165, 1.54) is 6.07 Å². The van der Waals surface area contributed by atoms with Gasteiger partial charge in [-0.3, -0.25) is 14.9 Å². The number of halogens is 1. The van der Waals surface area contributed by atoms with Crippen molar-refractivity contribution in [1.82, 2.24) is 5.32 Å². The quantitative estimate of drug-likeness (QED) is 0.351. The molecular weight excluding hydrogens is 378 g/mol. The van der Waals surface area contributed by atoms with Crippen molar-refractivity contribution in [2.24, 2.45) is 0 Å². The fraction of sp³-hybridized carbons (Fsp3) is 0.375. The van der Waals surface area contributed by atoms with Crippen molar-refractivity contribution in [3.8, 4) is 11.8 Å². The molecule has 0 spiro atoms. The van der Waals surface area contributed by atoms with Gasteiger partial charge in [-0.05, 0) is 25.0 Å². The first-order chi connectivity index (χ1) is 11.4. The van der Waals surface area contributed by atoms with Crippen LogP contribution in [-0.2, 0) is 4.79 Å². The van der Waals surface area contributed by atoms with Gasteiger partial charge in [-0.15, -0.1) is 0 Å². The number of nitro groups is 1. The SMILES string of the molecule is N#C/C(=C\c1cc(Br)cc([N+](=O)[O-])c1O)C(=O)NC1CCCCC1. The third-order valence-corrected chi connectivity index (χ3v) is 4.34. The predicted octanol–water partition coefficient (Wildman–Crippen LogP) is 3.42. The van der Waals surface area contributed by atoms with Crippen LogP contribution in [0.3, 0.4) is 0 Å². The number of amides is 1. The molecule has 1 fully saturated rings. The van der Waals surface area contributed by atoms with E-state index in [2.05, 4.69) is 21.2 Å². The zero-order valence-corrected chi connectivity index (χ0v) is 14.4. The number of nitriles is 1. The number of hydrogen-bond acceptors (Lipinski definition) is 5. The minimum absolute atomic E-state index is 0.0337. The Balaban J connectivity index is 2.28. The Morgan fingerprint density at radius 2 is 2.08 bits per heavy atom. The number of nitrogens with one attached hydrogen (secondary N) is 1. The van der Waals surface area contributed by atoms with E-state index in [-0.39, 0.29) is 17.2 Å². The second-order valence-electron chi connectivity index (χ2n) is 5.60. The minimum Gasteiger partial charge on any atom is -0.502 e. The highest BCUT2D eigenvalue weighted by molar-refractivity contribution is 9.10. The van der Waals surface area contributed by atoms with Crippen LogP contribution in [0, 0.1) is 21.4 Å². The first-order valence-corrected chi connectivity index (χ1v) is 8.31. The number of phenols is 1. The lowest BCUT2D eigenvalue weighted by Gasteiger charge is -2.22. The molecule has 1 aromatic carbocycles. The summed E-state index contributed by atoms with van der Waals surface area (Å²) in [6, 6.07) is 4.39. The highest BCUT2D eigenvalue weighted by Gasteiger charge is 2.21. The van der Waals surface area contributed by atoms with Gasteiger partial charge in [0.1, 0.15) is 11.6 Å². The Morgan fingerprint density at radius 3 is 2.67 bits per heavy atom. The number of hydrogen-bond donors (Lipinski definition) is 2. The standard InChI is InChI=1S/C16H16BrN3O4/c17-12-7-10(15(21)14(8-12)20(23)24)6-11(9-18)16(22)19-13-4-2-1-3-5-13/h6-8,13,21H,1-5H2,(H,19,22)/b11-6+. The summed E-state index contributed by atoms with van der Waals surface area (Å²) in [5, 5.41) is 32.9. The van der Waals surface area contributed by atoms with Gasteiger partial charge in [0.05, 0.1) is 4.92 Å². The van der Waals surface area contributed by atoms with E-state index in [1.54, 1.807) is 6.07 Å². The van der Waals surface area contributed by atoms with Crippen molar-refractivity contribution in [3.63, 3.8) is 0 Å². The largest absolute Gasteiger partial charge is 0.502 e. The number of nitrogens with zero attached hydrogens (tertiary/aromatic N) is 2. The van der Waals surface area contributed by atoms with Crippen molar-refractivity contribution in [1.29, 1.82) is 5.26 Å². The maximum atomic E-state index is 12.2. The van der Waals surface area contributed by atoms with E-state index < -0.39 is 22.3 Å². The average molecular weight is 394 g/mol. The van der Waals surface area contributed by atoms with Crippen LogP contribution in [0.5, 0.6) is 5.75 Å². The van der Waals surface area contributed by atoms with Gasteiger partial charge in [0.25, 0.3) is 5.91 Å². The number of nitro benzene ring substituents is 1. The normalized spacial score (nSPS) is 15.6. The zero-order valence-electron chi connectivity index (χ0n) is 12.8. The lowest BCUT2D eigenvalue weighted by Crippen LogP contribution is -2.36. The molecule has 1 aliphatic carbocycles. The third-order valence-electron chi connectivity index (χ3n) is 3.89. The van der Waals surface area contributed by atoms with Crippen LogP contribution in [0.15, 0.2) is 22.2 Å². The lowest BCUT2D eigenvalue weighted by molar-refractivity contribution is -0.385. The number of phenolic OH excluding ortho intramolecular Hbond substituents is 1. The number of carbonyl (C=O) groups excluding carboxylic acids is 1. The van der Waals surface area contributed by atoms with Gasteiger partial charge >= 0.3 is 5.69 Å². The summed E-state index contributed by atoms with van der Waals surface area (Å²) in [6.07, 6.45) is 6.12. The van der Waals surface area contributed by atoms with Crippen molar-refractivity contribution < 1.29 is 14.8 Å². The maximum absolute atomic E-state index is 12.2. The molecule has 2 N–H and O–H groups in total. The molecule has 126 valence electrons. The molecule has 0 bridgehead atoms. The first-order valence-electron chi connectivity index (χ1n) is 7.52. The van der Waals surface area contributed by atoms with Crippen LogP contribution in [0.1, 0.15) is 37.7 Å². The van der Waals surface area contributed by atoms with Crippen molar-refractivity contribution in [3.05, 3.63) is 37.9 Å². The van der Waals surface area contributed by atoms with E-state index in [0.717, 1.165) is 44.2 Å². The van der Waals surface area contributed by atoms with Gasteiger partial charge in [-0.25, -0.2) is 0 Å². The van der Waals surface area contributed by atoms with Gasteiger partial charge in [0.2, 0.25) is 5.75 Å². The lowest BCUT2D eigenvalue weighted by atomic mass is 9.95. The molecule has 24 heavy (non-hydrogen) atoms. The Labute approximate surface area is 147 Å². The summed E-state index contributed by atoms with van der Waals surface area (Å²) in [5.41, 5.74) is -0.671. The Kier molecular flexibility index (Phi) is 5.93. The molecular formula is C16H16BrN3O4. The number of carbonyl (C=O) groups is 1. The van der Waals surface area contributed by atoms with Gasteiger partial charge in [0.15, 0.2) is 0 Å². The van der Waals surface area contributed by atoms with Gasteiger partial charge in [-0.1, -0.05) is 35.2 Å². The molecule has 1 saturated carbocycles. The first kappa shape index (κ1) is 17.9. The van der Waals surface area contributed by atoms with Crippen LogP contribution in [0.4, 0.5) is 5.69 Å². The molecule has 1 amide bonds. The second kappa shape index (κ2) is 7.93. The zero-order chi connectivity index (χ0) is 17.7. The van der Waals surface area contributed by atoms with Crippen molar-refractivity contribution >= 4 is 33.6 Å². The summed E-state index contributed by atoms with van der Waals surface area (Å²) in [4.78, 5) is 22.4. The van der Waals surface area contributed by atoms with Gasteiger partial charge < -0.3 is 10.4 Å². The highest BCUT2D eigenvalue weighted by Crippen LogP contribution is 2.34. The Morgan fingerprint density at radius 1 is 1.42 bits per heavy atom. The van der Waals surface area contributed by atoms with Crippen LogP contribution in [-0.4, -0.2) is 22.0 Å². The van der Waals surface area contributed by atoms with Crippen molar-refractivity contribution in [2.45, 2.75) is 38.1 Å². The van der Waals surface area contributed by atoms with E-state index in [1.807, 2.05) is 0 Å². The summed E-state index contributed by atoms with van der Waals surface area (Å²) in [5.74, 6) is -1.12. The molecule has 7 nitrogen and oxygen atoms in total. The van der Waals surface area contributed by atoms with Gasteiger partial charge in [-0.2, -0.15) is 5.26 Å². The van der Waals surface area contributed by atoms with E-state index >= 15 is 0 Å². The number of benzene rings is 1. The summed E-state index contributed by atoms with van der Waals surface area (Å²) < 4.78 is 0.364. The van der Waals surface area contributed by atoms with Crippen LogP contribution >= 0.6 is 15.9 Å². The molecule has 0 atom stereocenters. The van der Waals surface area contributed by atoms with Crippen LogP contribution in [0.2, 0.25) is 0 Å². The summed E-state index contributed by atoms with van der Waals surface area (Å²) in [6.45, 7) is 0. The molecule has 0 radical (unpaired) electrons. The fourth-order valence-corrected chi connectivity index (χ4v) is 3.13. The fourth-order valence-electron chi connectivity index (χ4n) is 2.67. The Bertz CT molecular complexity index is 734. The highest BCUT2D eigenvalue weighted by atomic mass is 79.9. The van der Waals surface area contributed by atoms with E-state index in [0.29, 0.717) is 4.47 Å².